The van der Waals surface area contributed by atoms with E-state index < -0.39 is 26.9 Å². The van der Waals surface area contributed by atoms with E-state index >= 15 is 0 Å². The van der Waals surface area contributed by atoms with E-state index in [4.69, 9.17) is 32.0 Å². The van der Waals surface area contributed by atoms with Gasteiger partial charge in [0.2, 0.25) is 8.32 Å². The van der Waals surface area contributed by atoms with Crippen molar-refractivity contribution in [3.8, 4) is 0 Å². The van der Waals surface area contributed by atoms with Crippen LogP contribution >= 0.6 is 0 Å². The van der Waals surface area contributed by atoms with E-state index in [1.165, 1.54) is 0 Å². The molecule has 0 aliphatic carbocycles. The van der Waals surface area contributed by atoms with E-state index in [1.807, 2.05) is 26.2 Å². The van der Waals surface area contributed by atoms with Gasteiger partial charge in [-0.25, -0.2) is 0 Å². The molecule has 0 aromatic rings. The Bertz CT molecular complexity index is 245. The summed E-state index contributed by atoms with van der Waals surface area (Å²) >= 11 is 0. The fourth-order valence-corrected chi connectivity index (χ4v) is 5.94. The number of rotatable bonds is 13. The molecule has 20 heavy (non-hydrogen) atoms. The van der Waals surface area contributed by atoms with Gasteiger partial charge in [0, 0.05) is 13.7 Å². The van der Waals surface area contributed by atoms with Crippen LogP contribution in [0.15, 0.2) is 0 Å². The van der Waals surface area contributed by atoms with E-state index in [0.717, 1.165) is 0 Å². The first-order valence-corrected chi connectivity index (χ1v) is 14.0. The molecule has 10 heteroatoms. The van der Waals surface area contributed by atoms with Crippen molar-refractivity contribution in [3.05, 3.63) is 0 Å². The Kier molecular flexibility index (Phi) is 11.2. The highest BCUT2D eigenvalue weighted by Gasteiger charge is 2.35. The van der Waals surface area contributed by atoms with E-state index in [2.05, 4.69) is 0 Å². The Hall–Kier alpha value is 0.371. The summed E-state index contributed by atoms with van der Waals surface area (Å²) in [5.41, 5.74) is 0. The molecule has 0 spiro atoms. The molecule has 0 radical (unpaired) electrons. The molecule has 0 unspecified atom stereocenters. The molecule has 0 aliphatic rings. The fourth-order valence-electron chi connectivity index (χ4n) is 1.27. The molecule has 7 nitrogen and oxygen atoms in total. The molecule has 0 aliphatic heterocycles. The van der Waals surface area contributed by atoms with Crippen LogP contribution in [0.5, 0.6) is 0 Å². The van der Waals surface area contributed by atoms with Crippen LogP contribution in [0.2, 0.25) is 26.2 Å². The van der Waals surface area contributed by atoms with E-state index in [-0.39, 0.29) is 20.2 Å². The maximum absolute atomic E-state index is 8.68. The van der Waals surface area contributed by atoms with Crippen molar-refractivity contribution in [2.75, 3.05) is 40.1 Å². The number of hydrogen-bond donors (Lipinski definition) is 1. The highest BCUT2D eigenvalue weighted by Crippen LogP contribution is 2.11. The average molecular weight is 345 g/mol. The molecule has 1 atom stereocenters. The molecule has 0 bridgehead atoms. The second-order valence-corrected chi connectivity index (χ2v) is 12.9. The quantitative estimate of drug-likeness (QED) is 0.288. The standard InChI is InChI=1S/C10H28O7Si3/c1-12-8-15-20(5,17-18-2)16-9-14-19(3,4)10-13-7-6-11/h11H,6-10,18H2,1-5H3/t20-/m1/s1. The van der Waals surface area contributed by atoms with Gasteiger partial charge < -0.3 is 32.0 Å². The van der Waals surface area contributed by atoms with Crippen molar-refractivity contribution in [3.63, 3.8) is 0 Å². The van der Waals surface area contributed by atoms with Crippen LogP contribution < -0.4 is 0 Å². The van der Waals surface area contributed by atoms with Crippen LogP contribution in [-0.2, 0) is 26.9 Å². The third-order valence-corrected chi connectivity index (χ3v) is 8.64. The summed E-state index contributed by atoms with van der Waals surface area (Å²) in [7, 11) is -3.70. The predicted octanol–water partition coefficient (Wildman–Crippen LogP) is 0.0680. The molecule has 122 valence electrons. The molecule has 0 rings (SSSR count). The van der Waals surface area contributed by atoms with Gasteiger partial charge >= 0.3 is 8.80 Å². The van der Waals surface area contributed by atoms with E-state index in [9.17, 15) is 0 Å². The lowest BCUT2D eigenvalue weighted by Gasteiger charge is -2.28. The minimum atomic E-state index is -2.66. The third kappa shape index (κ3) is 10.1. The Balaban J connectivity index is 4.07. The minimum absolute atomic E-state index is 0.0196. The van der Waals surface area contributed by atoms with E-state index in [1.54, 1.807) is 7.11 Å². The maximum atomic E-state index is 8.68. The average Bonchev–Trinajstić information content (AvgIpc) is 2.37. The molecule has 0 aromatic carbocycles. The monoisotopic (exact) mass is 344 g/mol. The Labute approximate surface area is 125 Å². The number of aliphatic hydroxyl groups is 1. The minimum Gasteiger partial charge on any atom is -0.422 e. The maximum Gasteiger partial charge on any atom is 0.490 e. The van der Waals surface area contributed by atoms with Gasteiger partial charge in [0.25, 0.3) is 0 Å². The molecule has 0 saturated heterocycles. The van der Waals surface area contributed by atoms with Crippen molar-refractivity contribution in [2.24, 2.45) is 0 Å². The summed E-state index contributed by atoms with van der Waals surface area (Å²) in [6.45, 7) is 8.53. The summed E-state index contributed by atoms with van der Waals surface area (Å²) in [5.74, 6) is 0. The predicted molar refractivity (Wildman–Crippen MR) is 82.5 cm³/mol. The largest absolute Gasteiger partial charge is 0.490 e. The zero-order chi connectivity index (χ0) is 15.5. The van der Waals surface area contributed by atoms with Gasteiger partial charge in [-0.05, 0) is 13.1 Å². The van der Waals surface area contributed by atoms with Crippen LogP contribution in [0, 0.1) is 0 Å². The number of aliphatic hydroxyl groups excluding tert-OH is 1. The molecule has 0 heterocycles. The second kappa shape index (κ2) is 11.0. The lowest BCUT2D eigenvalue weighted by molar-refractivity contribution is -0.0264. The van der Waals surface area contributed by atoms with Gasteiger partial charge in [0.15, 0.2) is 0 Å². The topological polar surface area (TPSA) is 75.6 Å². The second-order valence-electron chi connectivity index (χ2n) is 4.79. The first kappa shape index (κ1) is 20.4. The van der Waals surface area contributed by atoms with Gasteiger partial charge in [-0.3, -0.25) is 0 Å². The van der Waals surface area contributed by atoms with Crippen LogP contribution in [-0.4, -0.2) is 72.1 Å². The van der Waals surface area contributed by atoms with Gasteiger partial charge in [-0.1, -0.05) is 6.55 Å². The number of methoxy groups -OCH3 is 1. The van der Waals surface area contributed by atoms with E-state index in [0.29, 0.717) is 12.8 Å². The Morgan fingerprint density at radius 1 is 1.05 bits per heavy atom. The molecular weight excluding hydrogens is 316 g/mol. The lowest BCUT2D eigenvalue weighted by atomic mass is 10.8. The van der Waals surface area contributed by atoms with Crippen molar-refractivity contribution >= 4 is 26.9 Å². The zero-order valence-electron chi connectivity index (χ0n) is 13.1. The van der Waals surface area contributed by atoms with Crippen LogP contribution in [0.3, 0.4) is 0 Å². The van der Waals surface area contributed by atoms with Gasteiger partial charge in [-0.15, -0.1) is 0 Å². The smallest absolute Gasteiger partial charge is 0.422 e. The van der Waals surface area contributed by atoms with Gasteiger partial charge in [0.05, 0.1) is 19.4 Å². The van der Waals surface area contributed by atoms with Crippen LogP contribution in [0.4, 0.5) is 0 Å². The molecule has 0 aromatic heterocycles. The molecule has 1 N–H and O–H groups in total. The lowest BCUT2D eigenvalue weighted by Crippen LogP contribution is -2.46. The third-order valence-electron chi connectivity index (χ3n) is 2.30. The van der Waals surface area contributed by atoms with Crippen molar-refractivity contribution in [1.29, 1.82) is 0 Å². The zero-order valence-corrected chi connectivity index (χ0v) is 16.6. The summed E-state index contributed by atoms with van der Waals surface area (Å²) in [6.07, 6.45) is 0.511. The first-order chi connectivity index (χ1) is 9.39. The molecule has 0 saturated carbocycles. The normalized spacial score (nSPS) is 15.9. The van der Waals surface area contributed by atoms with Crippen LogP contribution in [0.25, 0.3) is 0 Å². The number of ether oxygens (including phenoxy) is 2. The Morgan fingerprint density at radius 2 is 1.70 bits per heavy atom. The summed E-state index contributed by atoms with van der Waals surface area (Å²) < 4.78 is 32.8. The van der Waals surface area contributed by atoms with Gasteiger partial charge in [-0.2, -0.15) is 0 Å². The SMILES string of the molecule is COCO[Si@](C)(OCO[Si](C)(C)COCCO)O[SiH2]C. The van der Waals surface area contributed by atoms with Crippen molar-refractivity contribution in [1.82, 2.24) is 0 Å². The molecule has 0 fully saturated rings. The Morgan fingerprint density at radius 3 is 2.25 bits per heavy atom. The summed E-state index contributed by atoms with van der Waals surface area (Å²) in [5, 5.41) is 8.68. The highest BCUT2D eigenvalue weighted by molar-refractivity contribution is 6.71. The van der Waals surface area contributed by atoms with Crippen molar-refractivity contribution in [2.45, 2.75) is 26.2 Å². The molecular formula is C10H28O7Si3. The summed E-state index contributed by atoms with van der Waals surface area (Å²) in [4.78, 5) is 0. The highest BCUT2D eigenvalue weighted by atomic mass is 28.4. The van der Waals surface area contributed by atoms with Crippen LogP contribution in [0.1, 0.15) is 0 Å². The van der Waals surface area contributed by atoms with Crippen molar-refractivity contribution < 1.29 is 32.0 Å². The fraction of sp³-hybridized carbons (Fsp3) is 1.00. The first-order valence-electron chi connectivity index (χ1n) is 6.62. The van der Waals surface area contributed by atoms with Gasteiger partial charge in [0.1, 0.15) is 23.3 Å². The summed E-state index contributed by atoms with van der Waals surface area (Å²) in [6, 6.07) is 0. The molecule has 0 amide bonds. The number of hydrogen-bond acceptors (Lipinski definition) is 7.